The van der Waals surface area contributed by atoms with E-state index in [1.165, 1.54) is 11.9 Å². The summed E-state index contributed by atoms with van der Waals surface area (Å²) in [4.78, 5) is 65.6. The third-order valence-electron chi connectivity index (χ3n) is 8.64. The Morgan fingerprint density at radius 1 is 1.14 bits per heavy atom. The van der Waals surface area contributed by atoms with Crippen LogP contribution in [-0.4, -0.2) is 78.8 Å². The number of aryl methyl sites for hydroxylation is 1. The maximum Gasteiger partial charge on any atom is 0.331 e. The van der Waals surface area contributed by atoms with Crippen molar-refractivity contribution in [3.63, 3.8) is 0 Å². The zero-order valence-corrected chi connectivity index (χ0v) is 24.3. The Balaban J connectivity index is 1.04. The molecule has 4 aliphatic rings. The maximum absolute atomic E-state index is 13.0. The number of urea groups is 1. The average molecular weight is 595 g/mol. The van der Waals surface area contributed by atoms with Gasteiger partial charge in [-0.2, -0.15) is 4.98 Å². The number of rotatable bonds is 7. The third-order valence-corrected chi connectivity index (χ3v) is 8.64. The highest BCUT2D eigenvalue weighted by molar-refractivity contribution is 6.13. The second-order valence-corrected chi connectivity index (χ2v) is 11.9. The fourth-order valence-corrected chi connectivity index (χ4v) is 5.94. The summed E-state index contributed by atoms with van der Waals surface area (Å²) >= 11 is 0. The van der Waals surface area contributed by atoms with E-state index in [1.54, 1.807) is 12.4 Å². The van der Waals surface area contributed by atoms with Crippen molar-refractivity contribution in [2.45, 2.75) is 44.6 Å². The number of carbonyl (C=O) groups is 3. The Morgan fingerprint density at radius 3 is 2.77 bits per heavy atom. The van der Waals surface area contributed by atoms with Gasteiger partial charge in [0.15, 0.2) is 17.2 Å². The Bertz CT molecular complexity index is 1850. The molecular weight excluding hydrogens is 564 g/mol. The molecule has 0 spiro atoms. The number of amides is 4. The molecule has 14 nitrogen and oxygen atoms in total. The highest BCUT2D eigenvalue weighted by atomic mass is 16.5. The first kappa shape index (κ1) is 26.5. The summed E-state index contributed by atoms with van der Waals surface area (Å²) < 4.78 is 7.77. The lowest BCUT2D eigenvalue weighted by molar-refractivity contribution is -0.124. The molecule has 0 unspecified atom stereocenters. The predicted octanol–water partition coefficient (Wildman–Crippen LogP) is 2.64. The molecule has 0 bridgehead atoms. The predicted molar refractivity (Wildman–Crippen MR) is 158 cm³/mol. The first-order valence-corrected chi connectivity index (χ1v) is 14.8. The largest absolute Gasteiger partial charge is 0.486 e. The number of nitrogens with one attached hydrogen (secondary N) is 1. The number of nitrogens with zero attached hydrogens (tertiary/aromatic N) is 9. The minimum Gasteiger partial charge on any atom is -0.486 e. The van der Waals surface area contributed by atoms with Gasteiger partial charge in [0.1, 0.15) is 19.0 Å². The van der Waals surface area contributed by atoms with E-state index in [0.717, 1.165) is 34.7 Å². The molecule has 6 heterocycles. The van der Waals surface area contributed by atoms with Crippen LogP contribution in [0.5, 0.6) is 5.75 Å². The molecule has 2 aliphatic carbocycles. The fraction of sp³-hybridized carbons (Fsp3) is 0.400. The summed E-state index contributed by atoms with van der Waals surface area (Å²) in [6.07, 6.45) is 10.2. The van der Waals surface area contributed by atoms with Crippen molar-refractivity contribution in [1.82, 2.24) is 34.2 Å². The number of likely N-dealkylation sites (N-methyl/N-ethyl adjacent to an activating group) is 1. The van der Waals surface area contributed by atoms with Crippen LogP contribution in [0, 0.1) is 12.8 Å². The number of imidazole rings is 1. The molecular formula is C30H30N10O4. The van der Waals surface area contributed by atoms with Crippen molar-refractivity contribution in [2.24, 2.45) is 5.92 Å². The number of pyridine rings is 1. The summed E-state index contributed by atoms with van der Waals surface area (Å²) in [5, 5.41) is 2.86. The standard InChI is InChI=1S/C30H30N10O4/c1-16-5-6-31-25(33-16)20-10-21(20)28(42)36-29-32-11-23-27(35-29)38(7-8-44-23)13-19-14-39-12-18(17-3-4-17)9-22(26(39)34-19)40-15-24(41)37(2)30(40)43/h5-6,9,11-12,14,17,20-21H,3-4,7-8,10,13,15H2,1-2H3,(H,32,35,36,42)/t20-,21-/m0/s1. The van der Waals surface area contributed by atoms with E-state index in [2.05, 4.69) is 31.4 Å². The van der Waals surface area contributed by atoms with Gasteiger partial charge < -0.3 is 14.0 Å². The number of carbonyl (C=O) groups excluding carboxylic acids is 3. The molecule has 0 radical (unpaired) electrons. The first-order valence-electron chi connectivity index (χ1n) is 14.8. The summed E-state index contributed by atoms with van der Waals surface area (Å²) in [7, 11) is 1.50. The van der Waals surface area contributed by atoms with Gasteiger partial charge in [-0.3, -0.25) is 24.7 Å². The molecule has 4 aromatic rings. The first-order chi connectivity index (χ1) is 21.3. The topological polar surface area (TPSA) is 151 Å². The van der Waals surface area contributed by atoms with Crippen molar-refractivity contribution < 1.29 is 19.1 Å². The smallest absolute Gasteiger partial charge is 0.331 e. The van der Waals surface area contributed by atoms with E-state index in [-0.39, 0.29) is 42.2 Å². The number of fused-ring (bicyclic) bond motifs is 2. The van der Waals surface area contributed by atoms with Gasteiger partial charge in [-0.25, -0.2) is 24.7 Å². The molecule has 14 heteroatoms. The van der Waals surface area contributed by atoms with E-state index in [0.29, 0.717) is 60.8 Å². The van der Waals surface area contributed by atoms with Crippen molar-refractivity contribution in [2.75, 3.05) is 41.9 Å². The van der Waals surface area contributed by atoms with Crippen molar-refractivity contribution >= 4 is 40.9 Å². The zero-order chi connectivity index (χ0) is 30.1. The highest BCUT2D eigenvalue weighted by Gasteiger charge is 2.46. The normalized spacial score (nSPS) is 21.1. The average Bonchev–Trinajstić information content (AvgIpc) is 3.94. The van der Waals surface area contributed by atoms with Crippen LogP contribution in [0.15, 0.2) is 36.9 Å². The van der Waals surface area contributed by atoms with E-state index in [9.17, 15) is 14.4 Å². The molecule has 4 aromatic heterocycles. The van der Waals surface area contributed by atoms with Crippen LogP contribution < -0.4 is 19.9 Å². The van der Waals surface area contributed by atoms with Gasteiger partial charge in [-0.1, -0.05) is 0 Å². The molecule has 44 heavy (non-hydrogen) atoms. The SMILES string of the molecule is Cc1ccnc([C@H]2C[C@@H]2C(=O)Nc2ncc3c(n2)N(Cc2cn4cc(C5CC5)cc(N5CC(=O)N(C)C5=O)c4n2)CCO3)n1. The molecule has 4 amide bonds. The van der Waals surface area contributed by atoms with Crippen LogP contribution in [0.4, 0.5) is 22.2 Å². The second-order valence-electron chi connectivity index (χ2n) is 11.9. The van der Waals surface area contributed by atoms with E-state index >= 15 is 0 Å². The second kappa shape index (κ2) is 9.96. The number of hydrogen-bond donors (Lipinski definition) is 1. The number of ether oxygens (including phenoxy) is 1. The summed E-state index contributed by atoms with van der Waals surface area (Å²) in [5.41, 5.74) is 4.01. The molecule has 0 aromatic carbocycles. The number of aromatic nitrogens is 6. The highest BCUT2D eigenvalue weighted by Crippen LogP contribution is 2.46. The van der Waals surface area contributed by atoms with Gasteiger partial charge in [-0.05, 0) is 49.8 Å². The van der Waals surface area contributed by atoms with Crippen LogP contribution in [0.25, 0.3) is 5.65 Å². The van der Waals surface area contributed by atoms with Gasteiger partial charge in [-0.15, -0.1) is 0 Å². The summed E-state index contributed by atoms with van der Waals surface area (Å²) in [6.45, 7) is 3.32. The quantitative estimate of drug-likeness (QED) is 0.316. The summed E-state index contributed by atoms with van der Waals surface area (Å²) in [5.74, 6) is 1.77. The maximum atomic E-state index is 13.0. The van der Waals surface area contributed by atoms with Gasteiger partial charge in [0.2, 0.25) is 17.8 Å². The molecule has 1 saturated heterocycles. The van der Waals surface area contributed by atoms with E-state index in [4.69, 9.17) is 9.72 Å². The Hall–Kier alpha value is -5.14. The molecule has 2 aliphatic heterocycles. The molecule has 3 fully saturated rings. The molecule has 8 rings (SSSR count). The Labute approximate surface area is 252 Å². The Kier molecular flexibility index (Phi) is 6.00. The molecule has 2 saturated carbocycles. The van der Waals surface area contributed by atoms with Crippen LogP contribution in [-0.2, 0) is 16.1 Å². The van der Waals surface area contributed by atoms with Gasteiger partial charge in [0.25, 0.3) is 0 Å². The summed E-state index contributed by atoms with van der Waals surface area (Å²) in [6, 6.07) is 3.48. The Morgan fingerprint density at radius 2 is 2.00 bits per heavy atom. The van der Waals surface area contributed by atoms with Gasteiger partial charge >= 0.3 is 6.03 Å². The van der Waals surface area contributed by atoms with Crippen LogP contribution in [0.3, 0.4) is 0 Å². The van der Waals surface area contributed by atoms with Gasteiger partial charge in [0, 0.05) is 43.2 Å². The van der Waals surface area contributed by atoms with Crippen molar-refractivity contribution in [1.29, 1.82) is 0 Å². The minimum atomic E-state index is -0.355. The minimum absolute atomic E-state index is 0.0107. The van der Waals surface area contributed by atoms with Crippen LogP contribution in [0.1, 0.15) is 53.9 Å². The zero-order valence-electron chi connectivity index (χ0n) is 24.3. The number of hydrogen-bond acceptors (Lipinski definition) is 10. The van der Waals surface area contributed by atoms with Crippen LogP contribution >= 0.6 is 0 Å². The number of imide groups is 1. The third kappa shape index (κ3) is 4.66. The molecule has 1 N–H and O–H groups in total. The van der Waals surface area contributed by atoms with E-state index < -0.39 is 0 Å². The number of anilines is 3. The van der Waals surface area contributed by atoms with Crippen molar-refractivity contribution in [3.8, 4) is 5.75 Å². The van der Waals surface area contributed by atoms with E-state index in [1.807, 2.05) is 34.6 Å². The van der Waals surface area contributed by atoms with Crippen LogP contribution in [0.2, 0.25) is 0 Å². The van der Waals surface area contributed by atoms with Gasteiger partial charge in [0.05, 0.1) is 30.7 Å². The lowest BCUT2D eigenvalue weighted by atomic mass is 10.1. The lowest BCUT2D eigenvalue weighted by Gasteiger charge is -2.29. The van der Waals surface area contributed by atoms with Crippen molar-refractivity contribution in [3.05, 3.63) is 59.7 Å². The lowest BCUT2D eigenvalue weighted by Crippen LogP contribution is -2.33. The fourth-order valence-electron chi connectivity index (χ4n) is 5.94. The molecule has 2 atom stereocenters. The monoisotopic (exact) mass is 594 g/mol. The molecule has 224 valence electrons.